The Balaban J connectivity index is 0.00000324. The molecule has 8 heteroatoms. The van der Waals surface area contributed by atoms with Crippen LogP contribution in [0, 0.1) is 0 Å². The van der Waals surface area contributed by atoms with Crippen molar-refractivity contribution in [1.82, 2.24) is 4.90 Å². The fourth-order valence-corrected chi connectivity index (χ4v) is 1.85. The molecule has 1 fully saturated rings. The number of likely N-dealkylation sites (tertiary alicyclic amines) is 1. The van der Waals surface area contributed by atoms with Crippen LogP contribution in [0.4, 0.5) is 17.7 Å². The molecule has 1 heterocycles. The first-order valence-electron chi connectivity index (χ1n) is 6.12. The predicted octanol–water partition coefficient (Wildman–Crippen LogP) is 0.629. The second-order valence-electron chi connectivity index (χ2n) is 6.20. The first-order valence-corrected chi connectivity index (χ1v) is 6.12. The van der Waals surface area contributed by atoms with E-state index in [1.54, 1.807) is 20.8 Å². The molecule has 0 aliphatic carbocycles. The summed E-state index contributed by atoms with van der Waals surface area (Å²) in [5, 5.41) is -1.63. The van der Waals surface area contributed by atoms with E-state index in [2.05, 4.69) is 0 Å². The maximum Gasteiger partial charge on any atom is 1.00 e. The van der Waals surface area contributed by atoms with Gasteiger partial charge in [-0.05, 0) is 20.8 Å². The maximum atomic E-state index is 12.9. The summed E-state index contributed by atoms with van der Waals surface area (Å²) in [6.07, 6.45) is -0.620. The van der Waals surface area contributed by atoms with Crippen molar-refractivity contribution in [3.05, 3.63) is 0 Å². The van der Waals surface area contributed by atoms with Gasteiger partial charge in [0.1, 0.15) is 5.60 Å². The van der Waals surface area contributed by atoms with Gasteiger partial charge in [-0.15, -0.1) is 0 Å². The Labute approximate surface area is 155 Å². The van der Waals surface area contributed by atoms with E-state index in [4.69, 9.17) is 4.74 Å². The number of rotatable bonds is 1. The molecule has 106 valence electrons. The second kappa shape index (κ2) is 6.68. The second-order valence-corrected chi connectivity index (χ2v) is 6.20. The van der Waals surface area contributed by atoms with Crippen molar-refractivity contribution in [3.8, 4) is 0 Å². The average Bonchev–Trinajstić information content (AvgIpc) is 2.14. The number of carbonyl (C=O) groups is 1. The molecule has 0 radical (unpaired) electrons. The van der Waals surface area contributed by atoms with Crippen LogP contribution in [-0.4, -0.2) is 36.7 Å². The molecule has 19 heavy (non-hydrogen) atoms. The van der Waals surface area contributed by atoms with E-state index in [1.807, 2.05) is 0 Å². The number of amides is 1. The van der Waals surface area contributed by atoms with Gasteiger partial charge < -0.3 is 22.6 Å². The molecule has 0 aromatic heterocycles. The van der Waals surface area contributed by atoms with Crippen LogP contribution in [-0.2, 0) is 4.74 Å². The molecule has 0 spiro atoms. The van der Waals surface area contributed by atoms with Crippen LogP contribution < -0.4 is 51.4 Å². The van der Waals surface area contributed by atoms with Gasteiger partial charge >= 0.3 is 64.5 Å². The molecular formula is C11H20BF3KNO2. The molecule has 1 saturated heterocycles. The van der Waals surface area contributed by atoms with Crippen LogP contribution in [0.15, 0.2) is 0 Å². The minimum Gasteiger partial charge on any atom is -0.449 e. The van der Waals surface area contributed by atoms with Crippen molar-refractivity contribution in [1.29, 1.82) is 0 Å². The molecule has 0 N–H and O–H groups in total. The normalized spacial score (nSPS) is 19.6. The van der Waals surface area contributed by atoms with E-state index in [9.17, 15) is 17.7 Å². The van der Waals surface area contributed by atoms with Crippen LogP contribution >= 0.6 is 0 Å². The molecule has 1 rings (SSSR count). The van der Waals surface area contributed by atoms with Gasteiger partial charge in [-0.2, -0.15) is 0 Å². The summed E-state index contributed by atoms with van der Waals surface area (Å²) < 4.78 is 43.7. The Morgan fingerprint density at radius 3 is 1.95 bits per heavy atom. The molecule has 0 atom stereocenters. The molecule has 0 aromatic rings. The van der Waals surface area contributed by atoms with Crippen molar-refractivity contribution < 1.29 is 73.9 Å². The Kier molecular flexibility index (Phi) is 6.95. The van der Waals surface area contributed by atoms with Gasteiger partial charge in [0.25, 0.3) is 0 Å². The number of nitrogens with zero attached hydrogens (tertiary/aromatic N) is 1. The van der Waals surface area contributed by atoms with Crippen molar-refractivity contribution >= 4 is 13.1 Å². The number of hydrogen-bond acceptors (Lipinski definition) is 2. The monoisotopic (exact) mass is 305 g/mol. The summed E-state index contributed by atoms with van der Waals surface area (Å²) in [4.78, 5) is 13.1. The topological polar surface area (TPSA) is 29.5 Å². The third-order valence-corrected chi connectivity index (χ3v) is 3.35. The van der Waals surface area contributed by atoms with Gasteiger partial charge in [-0.1, -0.05) is 25.1 Å². The van der Waals surface area contributed by atoms with E-state index in [1.165, 1.54) is 11.8 Å². The molecule has 3 nitrogen and oxygen atoms in total. The number of hydrogen-bond donors (Lipinski definition) is 0. The standard InChI is InChI=1S/C11H20BF3NO2.K/c1-10(2,3)18-9(17)16-7-5-11(4,6-8-16)12(13,14)15;/h5-8H2,1-4H3;/q-1;+1. The Morgan fingerprint density at radius 2 is 1.63 bits per heavy atom. The van der Waals surface area contributed by atoms with Crippen LogP contribution in [0.2, 0.25) is 5.31 Å². The van der Waals surface area contributed by atoms with Crippen LogP contribution in [0.5, 0.6) is 0 Å². The van der Waals surface area contributed by atoms with Crippen molar-refractivity contribution in [2.75, 3.05) is 13.1 Å². The Morgan fingerprint density at radius 1 is 1.21 bits per heavy atom. The smallest absolute Gasteiger partial charge is 0.449 e. The predicted molar refractivity (Wildman–Crippen MR) is 64.5 cm³/mol. The zero-order valence-electron chi connectivity index (χ0n) is 12.3. The first-order chi connectivity index (χ1) is 7.95. The summed E-state index contributed by atoms with van der Waals surface area (Å²) in [5.74, 6) is 0. The molecule has 1 aliphatic heterocycles. The van der Waals surface area contributed by atoms with Crippen molar-refractivity contribution in [2.24, 2.45) is 0 Å². The fourth-order valence-electron chi connectivity index (χ4n) is 1.85. The molecule has 1 amide bonds. The SMILES string of the molecule is CC(C)(C)OC(=O)N1CCC(C)([B-](F)(F)F)CC1.[K+]. The van der Waals surface area contributed by atoms with Gasteiger partial charge in [0, 0.05) is 13.1 Å². The van der Waals surface area contributed by atoms with Crippen LogP contribution in [0.1, 0.15) is 40.5 Å². The summed E-state index contributed by atoms with van der Waals surface area (Å²) in [6, 6.07) is 0. The van der Waals surface area contributed by atoms with E-state index >= 15 is 0 Å². The zero-order chi connectivity index (χ0) is 14.2. The van der Waals surface area contributed by atoms with Gasteiger partial charge in [0.05, 0.1) is 0 Å². The minimum absolute atomic E-state index is 0. The Hall–Kier alpha value is 0.761. The number of carbonyl (C=O) groups excluding carboxylic acids is 1. The summed E-state index contributed by atoms with van der Waals surface area (Å²) in [6.45, 7) is 1.77. The third-order valence-electron chi connectivity index (χ3n) is 3.35. The molecule has 0 unspecified atom stereocenters. The number of halogens is 3. The summed E-state index contributed by atoms with van der Waals surface area (Å²) >= 11 is 0. The zero-order valence-corrected chi connectivity index (χ0v) is 15.4. The van der Waals surface area contributed by atoms with Crippen LogP contribution in [0.3, 0.4) is 0 Å². The van der Waals surface area contributed by atoms with Gasteiger partial charge in [0.2, 0.25) is 0 Å². The van der Waals surface area contributed by atoms with E-state index < -0.39 is 24.0 Å². The largest absolute Gasteiger partial charge is 1.00 e. The Bertz CT molecular complexity index is 323. The summed E-state index contributed by atoms with van der Waals surface area (Å²) in [7, 11) is 0. The quantitative estimate of drug-likeness (QED) is 0.665. The van der Waals surface area contributed by atoms with Gasteiger partial charge in [-0.25, -0.2) is 4.79 Å². The molecule has 0 saturated carbocycles. The number of piperidine rings is 1. The molecule has 1 aliphatic rings. The van der Waals surface area contributed by atoms with Crippen molar-refractivity contribution in [2.45, 2.75) is 51.5 Å². The van der Waals surface area contributed by atoms with Crippen molar-refractivity contribution in [3.63, 3.8) is 0 Å². The minimum atomic E-state index is -4.87. The molecule has 0 aromatic carbocycles. The van der Waals surface area contributed by atoms with Gasteiger partial charge in [-0.3, -0.25) is 0 Å². The molecular weight excluding hydrogens is 285 g/mol. The van der Waals surface area contributed by atoms with E-state index in [-0.39, 0.29) is 77.3 Å². The van der Waals surface area contributed by atoms with E-state index in [0.29, 0.717) is 0 Å². The van der Waals surface area contributed by atoms with Crippen LogP contribution in [0.25, 0.3) is 0 Å². The molecule has 0 bridgehead atoms. The summed E-state index contributed by atoms with van der Waals surface area (Å²) in [5.41, 5.74) is -0.619. The number of ether oxygens (including phenoxy) is 1. The van der Waals surface area contributed by atoms with Gasteiger partial charge in [0.15, 0.2) is 0 Å². The maximum absolute atomic E-state index is 12.9. The first kappa shape index (κ1) is 19.8. The fraction of sp³-hybridized carbons (Fsp3) is 0.909. The van der Waals surface area contributed by atoms with E-state index in [0.717, 1.165) is 0 Å². The average molecular weight is 305 g/mol. The third kappa shape index (κ3) is 5.57.